The molecule has 0 spiro atoms. The molecule has 5 nitrogen and oxygen atoms in total. The maximum Gasteiger partial charge on any atom is 0.329 e. The van der Waals surface area contributed by atoms with E-state index in [-0.39, 0.29) is 12.7 Å². The zero-order chi connectivity index (χ0) is 14.1. The lowest BCUT2D eigenvalue weighted by molar-refractivity contribution is -0.134. The third kappa shape index (κ3) is 39.5. The molecule has 1 unspecified atom stereocenters. The molecule has 0 saturated heterocycles. The summed E-state index contributed by atoms with van der Waals surface area (Å²) in [6.07, 6.45) is 1.25. The summed E-state index contributed by atoms with van der Waals surface area (Å²) in [5.41, 5.74) is 0. The van der Waals surface area contributed by atoms with E-state index in [0.29, 0.717) is 6.42 Å². The van der Waals surface area contributed by atoms with Gasteiger partial charge >= 0.3 is 5.97 Å². The molecule has 0 aromatic rings. The van der Waals surface area contributed by atoms with Crippen molar-refractivity contribution in [2.45, 2.75) is 33.3 Å². The molecule has 0 bridgehead atoms. The molecular weight excluding hydrogens is 224 g/mol. The molecule has 0 aliphatic heterocycles. The first-order valence-electron chi connectivity index (χ1n) is 5.57. The van der Waals surface area contributed by atoms with Crippen LogP contribution in [0.2, 0.25) is 0 Å². The first-order chi connectivity index (χ1) is 7.99. The minimum Gasteiger partial charge on any atom is -0.466 e. The number of carbonyl (C=O) groups is 1. The highest BCUT2D eigenvalue weighted by Gasteiger charge is 1.88. The monoisotopic (exact) mass is 250 g/mol. The van der Waals surface area contributed by atoms with Crippen molar-refractivity contribution in [2.24, 2.45) is 0 Å². The second-order valence-electron chi connectivity index (χ2n) is 2.87. The van der Waals surface area contributed by atoms with Crippen LogP contribution in [0.25, 0.3) is 0 Å². The summed E-state index contributed by atoms with van der Waals surface area (Å²) >= 11 is 0. The van der Waals surface area contributed by atoms with Gasteiger partial charge in [-0.25, -0.2) is 4.79 Å². The number of methoxy groups -OCH3 is 1. The summed E-state index contributed by atoms with van der Waals surface area (Å²) in [7, 11) is 1.31. The molecule has 0 aliphatic rings. The van der Waals surface area contributed by atoms with Gasteiger partial charge in [-0.05, 0) is 27.2 Å². The number of aliphatic hydroxyl groups excluding tert-OH is 2. The first-order valence-corrected chi connectivity index (χ1v) is 5.57. The van der Waals surface area contributed by atoms with Gasteiger partial charge in [0.1, 0.15) is 0 Å². The van der Waals surface area contributed by atoms with Crippen molar-refractivity contribution in [3.63, 3.8) is 0 Å². The molecule has 104 valence electrons. The van der Waals surface area contributed by atoms with E-state index in [0.717, 1.165) is 19.3 Å². The Morgan fingerprint density at radius 3 is 1.88 bits per heavy atom. The van der Waals surface area contributed by atoms with Gasteiger partial charge in [0.25, 0.3) is 0 Å². The fraction of sp³-hybridized carbons (Fsp3) is 0.750. The SMILES string of the molecule is C=CC(=O)OC.CC(O)CCO.CCOCC. The van der Waals surface area contributed by atoms with Crippen molar-refractivity contribution in [3.8, 4) is 0 Å². The van der Waals surface area contributed by atoms with Crippen LogP contribution in [0, 0.1) is 0 Å². The first kappa shape index (κ1) is 21.4. The van der Waals surface area contributed by atoms with Crippen LogP contribution in [-0.2, 0) is 14.3 Å². The summed E-state index contributed by atoms with van der Waals surface area (Å²) in [6.45, 7) is 10.6. The Kier molecular flexibility index (Phi) is 25.8. The average molecular weight is 250 g/mol. The molecule has 0 saturated carbocycles. The minimum absolute atomic E-state index is 0.0810. The number of carbonyl (C=O) groups excluding carboxylic acids is 1. The van der Waals surface area contributed by atoms with E-state index in [1.54, 1.807) is 6.92 Å². The average Bonchev–Trinajstić information content (AvgIpc) is 2.30. The van der Waals surface area contributed by atoms with Crippen LogP contribution in [0.3, 0.4) is 0 Å². The molecule has 0 fully saturated rings. The third-order valence-electron chi connectivity index (χ3n) is 1.32. The molecule has 17 heavy (non-hydrogen) atoms. The molecule has 0 rings (SSSR count). The molecule has 2 N–H and O–H groups in total. The highest BCUT2D eigenvalue weighted by atomic mass is 16.5. The van der Waals surface area contributed by atoms with Gasteiger partial charge in [0.2, 0.25) is 0 Å². The molecule has 0 heterocycles. The minimum atomic E-state index is -0.394. The number of hydrogen-bond donors (Lipinski definition) is 2. The van der Waals surface area contributed by atoms with Crippen molar-refractivity contribution in [3.05, 3.63) is 12.7 Å². The lowest BCUT2D eigenvalue weighted by atomic mass is 10.3. The summed E-state index contributed by atoms with van der Waals surface area (Å²) in [5, 5.41) is 16.5. The smallest absolute Gasteiger partial charge is 0.329 e. The van der Waals surface area contributed by atoms with Crippen LogP contribution in [0.4, 0.5) is 0 Å². The van der Waals surface area contributed by atoms with Crippen molar-refractivity contribution in [1.29, 1.82) is 0 Å². The van der Waals surface area contributed by atoms with Gasteiger partial charge in [0, 0.05) is 25.9 Å². The fourth-order valence-corrected chi connectivity index (χ4v) is 0.474. The van der Waals surface area contributed by atoms with E-state index >= 15 is 0 Å². The van der Waals surface area contributed by atoms with Gasteiger partial charge in [-0.3, -0.25) is 0 Å². The number of hydrogen-bond acceptors (Lipinski definition) is 5. The second kappa shape index (κ2) is 20.5. The van der Waals surface area contributed by atoms with Gasteiger partial charge in [-0.1, -0.05) is 6.58 Å². The van der Waals surface area contributed by atoms with Crippen LogP contribution in [-0.4, -0.2) is 49.2 Å². The molecular formula is C12H26O5. The molecule has 0 radical (unpaired) electrons. The van der Waals surface area contributed by atoms with Gasteiger partial charge in [0.05, 0.1) is 13.2 Å². The Bertz CT molecular complexity index is 155. The van der Waals surface area contributed by atoms with Gasteiger partial charge < -0.3 is 19.7 Å². The molecule has 0 aromatic carbocycles. The largest absolute Gasteiger partial charge is 0.466 e. The molecule has 5 heteroatoms. The van der Waals surface area contributed by atoms with Gasteiger partial charge in [-0.15, -0.1) is 0 Å². The Morgan fingerprint density at radius 2 is 1.88 bits per heavy atom. The number of ether oxygens (including phenoxy) is 2. The Balaban J connectivity index is -0.000000174. The van der Waals surface area contributed by atoms with E-state index in [1.165, 1.54) is 7.11 Å². The molecule has 0 aromatic heterocycles. The van der Waals surface area contributed by atoms with Crippen LogP contribution in [0.15, 0.2) is 12.7 Å². The Labute approximate surface area is 104 Å². The van der Waals surface area contributed by atoms with E-state index in [4.69, 9.17) is 14.9 Å². The van der Waals surface area contributed by atoms with Crippen LogP contribution < -0.4 is 0 Å². The van der Waals surface area contributed by atoms with Gasteiger partial charge in [0.15, 0.2) is 0 Å². The fourth-order valence-electron chi connectivity index (χ4n) is 0.474. The van der Waals surface area contributed by atoms with Crippen molar-refractivity contribution in [2.75, 3.05) is 26.9 Å². The third-order valence-corrected chi connectivity index (χ3v) is 1.32. The molecule has 0 amide bonds. The predicted octanol–water partition coefficient (Wildman–Crippen LogP) is 1.14. The lowest BCUT2D eigenvalue weighted by Gasteiger charge is -1.95. The van der Waals surface area contributed by atoms with Gasteiger partial charge in [-0.2, -0.15) is 0 Å². The van der Waals surface area contributed by atoms with E-state index in [1.807, 2.05) is 13.8 Å². The quantitative estimate of drug-likeness (QED) is 0.565. The lowest BCUT2D eigenvalue weighted by Crippen LogP contribution is -2.00. The summed E-state index contributed by atoms with van der Waals surface area (Å²) < 4.78 is 8.98. The van der Waals surface area contributed by atoms with Crippen molar-refractivity contribution >= 4 is 5.97 Å². The van der Waals surface area contributed by atoms with Crippen molar-refractivity contribution in [1.82, 2.24) is 0 Å². The second-order valence-corrected chi connectivity index (χ2v) is 2.87. The summed E-state index contributed by atoms with van der Waals surface area (Å²) in [4.78, 5) is 9.84. The van der Waals surface area contributed by atoms with Crippen LogP contribution in [0.1, 0.15) is 27.2 Å². The van der Waals surface area contributed by atoms with E-state index < -0.39 is 5.97 Å². The zero-order valence-electron chi connectivity index (χ0n) is 11.3. The summed E-state index contributed by atoms with van der Waals surface area (Å²) in [5.74, 6) is -0.394. The zero-order valence-corrected chi connectivity index (χ0v) is 11.3. The van der Waals surface area contributed by atoms with Crippen molar-refractivity contribution < 1.29 is 24.5 Å². The Morgan fingerprint density at radius 1 is 1.41 bits per heavy atom. The van der Waals surface area contributed by atoms with E-state index in [2.05, 4.69) is 11.3 Å². The predicted molar refractivity (Wildman–Crippen MR) is 67.8 cm³/mol. The maximum atomic E-state index is 9.84. The maximum absolute atomic E-state index is 9.84. The Hall–Kier alpha value is -0.910. The molecule has 0 aliphatic carbocycles. The number of rotatable bonds is 5. The highest BCUT2D eigenvalue weighted by molar-refractivity contribution is 5.80. The summed E-state index contributed by atoms with van der Waals surface area (Å²) in [6, 6.07) is 0. The normalized spacial score (nSPS) is 10.0. The highest BCUT2D eigenvalue weighted by Crippen LogP contribution is 1.83. The number of esters is 1. The van der Waals surface area contributed by atoms with Crippen LogP contribution >= 0.6 is 0 Å². The van der Waals surface area contributed by atoms with E-state index in [9.17, 15) is 4.79 Å². The topological polar surface area (TPSA) is 76.0 Å². The standard InChI is InChI=1S/C4H10O2.C4H6O2.C4H10O/c1-4(6)2-3-5;1-3-4(5)6-2;1-3-5-4-2/h4-6H,2-3H2,1H3;3H,1H2,2H3;3-4H2,1-2H3. The number of aliphatic hydroxyl groups is 2. The molecule has 1 atom stereocenters. The van der Waals surface area contributed by atoms with Crippen LogP contribution in [0.5, 0.6) is 0 Å².